The third-order valence-electron chi connectivity index (χ3n) is 8.46. The van der Waals surface area contributed by atoms with E-state index < -0.39 is 65.3 Å². The number of carboxylic acid groups (broad SMARTS) is 2. The van der Waals surface area contributed by atoms with Crippen LogP contribution in [0.2, 0.25) is 0 Å². The summed E-state index contributed by atoms with van der Waals surface area (Å²) < 4.78 is 15.1. The summed E-state index contributed by atoms with van der Waals surface area (Å²) in [4.78, 5) is 80.0. The summed E-state index contributed by atoms with van der Waals surface area (Å²) in [6.07, 6.45) is -2.61. The summed E-state index contributed by atoms with van der Waals surface area (Å²) in [6.45, 7) is 10.5. The molecule has 0 aliphatic carbocycles. The predicted molar refractivity (Wildman–Crippen MR) is 260 cm³/mol. The minimum absolute atomic E-state index is 0. The number of amides is 1. The average Bonchev–Trinajstić information content (AvgIpc) is 3.19. The maximum Gasteiger partial charge on any atom is 0 e. The largest absolute Gasteiger partial charge is 0 e. The molecular formula is C46H57B2ClI2N2O13V-. The van der Waals surface area contributed by atoms with Gasteiger partial charge in [0.25, 0.3) is 11.1 Å². The molecule has 1 amide bonds. The predicted octanol–water partition coefficient (Wildman–Crippen LogP) is 3.59. The molecule has 0 spiro atoms. The zero-order chi connectivity index (χ0) is 48.0. The maximum absolute atomic E-state index is 13.1. The Morgan fingerprint density at radius 3 is 1.46 bits per heavy atom. The van der Waals surface area contributed by atoms with Crippen LogP contribution in [-0.4, -0.2) is 94.7 Å². The van der Waals surface area contributed by atoms with Gasteiger partial charge in [0.05, 0.1) is 6.04 Å². The van der Waals surface area contributed by atoms with Crippen molar-refractivity contribution in [3.63, 3.8) is 0 Å². The van der Waals surface area contributed by atoms with Gasteiger partial charge in [-0.15, -0.1) is 0 Å². The van der Waals surface area contributed by atoms with Crippen LogP contribution in [0.3, 0.4) is 0 Å². The summed E-state index contributed by atoms with van der Waals surface area (Å²) in [7, 11) is 0. The number of rotatable bonds is 14. The van der Waals surface area contributed by atoms with Gasteiger partial charge in [0.15, 0.2) is 6.10 Å². The Balaban J connectivity index is -0.000000464. The molecule has 362 valence electrons. The first-order valence-corrected chi connectivity index (χ1v) is 26.6. The minimum atomic E-state index is -1.58. The van der Waals surface area contributed by atoms with Crippen molar-refractivity contribution in [2.45, 2.75) is 100 Å². The Bertz CT molecular complexity index is 2210. The number of nitrogens with two attached hydrogens (primary N) is 1. The maximum atomic E-state index is 13.1. The molecule has 0 heterocycles. The Labute approximate surface area is 433 Å². The molecule has 6 N–H and O–H groups in total. The molecule has 0 aliphatic heterocycles. The summed E-state index contributed by atoms with van der Waals surface area (Å²) in [5.41, 5.74) is 15.2. The van der Waals surface area contributed by atoms with Crippen LogP contribution in [-0.2, 0) is 60.1 Å². The number of esters is 3. The number of aliphatic hydroxyl groups excluding tert-OH is 1. The van der Waals surface area contributed by atoms with Gasteiger partial charge in [-0.05, 0) is 98.7 Å². The zero-order valence-electron chi connectivity index (χ0n) is 36.5. The number of halogens is 3. The Morgan fingerprint density at radius 1 is 0.716 bits per heavy atom. The number of carboxylic acids is 2. The van der Waals surface area contributed by atoms with E-state index >= 15 is 0 Å². The first kappa shape index (κ1) is 69.3. The number of aliphatic hydroxyl groups is 1. The minimum Gasteiger partial charge on any atom is 0 e. The molecule has 4 rings (SSSR count). The smallest absolute Gasteiger partial charge is 0 e. The van der Waals surface area contributed by atoms with Gasteiger partial charge in [0, 0.05) is 76.0 Å². The van der Waals surface area contributed by atoms with Crippen molar-refractivity contribution in [3.05, 3.63) is 129 Å². The summed E-state index contributed by atoms with van der Waals surface area (Å²) in [6, 6.07) is 23.0. The normalized spacial score (nSPS) is 11.3. The van der Waals surface area contributed by atoms with Gasteiger partial charge < -0.3 is 40.6 Å². The Morgan fingerprint density at radius 2 is 1.10 bits per heavy atom. The number of nitrogens with one attached hydrogen (secondary N) is 1. The molecule has 4 aromatic carbocycles. The van der Waals surface area contributed by atoms with Crippen molar-refractivity contribution in [2.24, 2.45) is 5.73 Å². The molecule has 67 heavy (non-hydrogen) atoms. The van der Waals surface area contributed by atoms with Gasteiger partial charge >= 0.3 is 71.2 Å². The monoisotopic (exact) mass is 1210 g/mol. The summed E-state index contributed by atoms with van der Waals surface area (Å²) in [5.74, 6) is -4.33. The van der Waals surface area contributed by atoms with Crippen LogP contribution in [0.25, 0.3) is 0 Å². The third kappa shape index (κ3) is 26.2. The van der Waals surface area contributed by atoms with Crippen molar-refractivity contribution < 1.29 is 98.7 Å². The van der Waals surface area contributed by atoms with Crippen LogP contribution in [0.4, 0.5) is 0 Å². The number of hydrogen-bond donors (Lipinski definition) is 5. The van der Waals surface area contributed by atoms with Crippen LogP contribution >= 0.6 is 30.2 Å². The summed E-state index contributed by atoms with van der Waals surface area (Å²) >= 11 is 7.65. The van der Waals surface area contributed by atoms with Gasteiger partial charge in [0.2, 0.25) is 6.10 Å². The average molecular weight is 1210 g/mol. The zero-order valence-corrected chi connectivity index (χ0v) is 43.0. The van der Waals surface area contributed by atoms with Gasteiger partial charge in [-0.2, -0.15) is 0 Å². The molecule has 0 saturated heterocycles. The molecule has 4 atom stereocenters. The van der Waals surface area contributed by atoms with Crippen molar-refractivity contribution in [1.29, 1.82) is 0 Å². The van der Waals surface area contributed by atoms with Crippen LogP contribution in [0, 0.1) is 27.7 Å². The molecule has 0 aliphatic rings. The third-order valence-corrected chi connectivity index (χ3v) is 8.67. The molecule has 0 unspecified atom stereocenters. The number of hydrogen-bond acceptors (Lipinski definition) is 12. The molecule has 0 aromatic heterocycles. The topological polar surface area (TPSA) is 246 Å². The van der Waals surface area contributed by atoms with E-state index in [1.807, 2.05) is 36.4 Å². The molecule has 4 aromatic rings. The van der Waals surface area contributed by atoms with Crippen LogP contribution in [0.15, 0.2) is 84.9 Å². The molecule has 21 heteroatoms. The fourth-order valence-electron chi connectivity index (χ4n) is 5.62. The van der Waals surface area contributed by atoms with Crippen molar-refractivity contribution in [3.8, 4) is 11.5 Å². The molecule has 0 saturated carbocycles. The quantitative estimate of drug-likeness (QED) is 0.0399. The van der Waals surface area contributed by atoms with E-state index in [-0.39, 0.29) is 76.6 Å². The standard InChI is InChI=1S/C23H25NO7.C11H11ClO3.C10H13NO3.2CH4.BI2.B.V/c1-13-10-18(14(2)20(11-13)30-15(3)25)22(27)24-19(12-17-8-6-5-7-9-17)21(23(28)29)31-16(4)26;1-6-4-9(11(12)14)7(2)10(5-6)15-8(3)13;11-8(9(12)10(13)14)6-7-4-2-1-3-5-7;;;1-3-2;;/h5-11,19,21H,12H2,1-4H3,(H,24,27)(H,28,29);4-5H,1-3H3;1-5,8-9,12H,6,11H2,(H,13,14);2*1H4;;;/q;;;;;-1;;/t19-,21-;;8-,9-;;;;;/m0.0...../s1. The second-order valence-corrected chi connectivity index (χ2v) is 17.7. The molecule has 0 fully saturated rings. The first-order chi connectivity index (χ1) is 29.5. The molecule has 0 bridgehead atoms. The van der Waals surface area contributed by atoms with E-state index in [9.17, 15) is 38.7 Å². The van der Waals surface area contributed by atoms with Crippen molar-refractivity contribution >= 4 is 85.3 Å². The van der Waals surface area contributed by atoms with Gasteiger partial charge in [-0.1, -0.05) is 75.5 Å². The van der Waals surface area contributed by atoms with E-state index in [0.29, 0.717) is 34.4 Å². The Hall–Kier alpha value is -4.25. The fourth-order valence-corrected chi connectivity index (χ4v) is 5.82. The first-order valence-electron chi connectivity index (χ1n) is 18.7. The SMILES string of the molecule is C.C.CC(=O)Oc1cc(C)cc(C(=O)Cl)c1C.CC(=O)Oc1cc(C)cc(C(=O)N[C@@H](Cc2ccccc2)[C@H](OC(C)=O)C(=O)O)c1C.N[C@@H](Cc1ccccc1)[C@H](O)C(=O)O.[B].[B][I-]I.[V]. The molecular weight excluding hydrogens is 1150 g/mol. The van der Waals surface area contributed by atoms with Crippen molar-refractivity contribution in [1.82, 2.24) is 5.32 Å². The van der Waals surface area contributed by atoms with Crippen LogP contribution in [0.5, 0.6) is 11.5 Å². The van der Waals surface area contributed by atoms with E-state index in [0.717, 1.165) is 23.6 Å². The molecule has 6 radical (unpaired) electrons. The van der Waals surface area contributed by atoms with E-state index in [1.165, 1.54) is 13.8 Å². The number of benzene rings is 4. The number of aryl methyl sites for hydroxylation is 2. The van der Waals surface area contributed by atoms with E-state index in [4.69, 9.17) is 47.5 Å². The number of aliphatic carboxylic acids is 2. The second-order valence-electron chi connectivity index (χ2n) is 13.7. The fraction of sp³-hybridized carbons (Fsp3) is 0.326. The van der Waals surface area contributed by atoms with E-state index in [1.54, 1.807) is 76.2 Å². The van der Waals surface area contributed by atoms with Crippen molar-refractivity contribution in [2.75, 3.05) is 0 Å². The van der Waals surface area contributed by atoms with Crippen LogP contribution < -0.4 is 37.5 Å². The Kier molecular flexibility index (Phi) is 37.1. The summed E-state index contributed by atoms with van der Waals surface area (Å²) in [5, 5.41) is 29.4. The van der Waals surface area contributed by atoms with Crippen LogP contribution in [0.1, 0.15) is 89.7 Å². The number of carbonyl (C=O) groups excluding carboxylic acids is 5. The number of ether oxygens (including phenoxy) is 3. The van der Waals surface area contributed by atoms with E-state index in [2.05, 4.69) is 23.9 Å². The van der Waals surface area contributed by atoms with Gasteiger partial charge in [0.1, 0.15) is 11.5 Å². The molecule has 15 nitrogen and oxygen atoms in total. The second kappa shape index (κ2) is 35.8. The van der Waals surface area contributed by atoms with Gasteiger partial charge in [-0.25, -0.2) is 9.59 Å². The number of carbonyl (C=O) groups is 7. The van der Waals surface area contributed by atoms with Gasteiger partial charge in [-0.3, -0.25) is 24.0 Å².